The van der Waals surface area contributed by atoms with Crippen molar-refractivity contribution in [3.05, 3.63) is 131 Å². The highest BCUT2D eigenvalue weighted by Crippen LogP contribution is 2.34. The summed E-state index contributed by atoms with van der Waals surface area (Å²) in [4.78, 5) is 57.3. The standard InChI is InChI=1S/2C28H36N2O5/c2*1-18(2)26-27(31)29-23(21-16-15-20(33-5)17-25(21)34-6)13-9-7-11-19(3)35-24-14-10-8-12-22(24)28(32)30(26)4/h2*7-10,12,14-19,23,26H,11,13H2,1-6H3,(H,29,31)/b9-7+;9-7-/t2*19-,23+,26+/m11/s1. The number of hydrogen-bond donors (Lipinski definition) is 2. The van der Waals surface area contributed by atoms with E-state index < -0.39 is 12.1 Å². The number of ether oxygens (including phenoxy) is 6. The highest BCUT2D eigenvalue weighted by molar-refractivity contribution is 6.00. The summed E-state index contributed by atoms with van der Waals surface area (Å²) in [5.74, 6) is 2.44. The molecule has 2 N–H and O–H groups in total. The van der Waals surface area contributed by atoms with Crippen molar-refractivity contribution in [2.75, 3.05) is 42.5 Å². The summed E-state index contributed by atoms with van der Waals surface area (Å²) in [7, 11) is 9.73. The van der Waals surface area contributed by atoms with Gasteiger partial charge in [0, 0.05) is 50.2 Å². The van der Waals surface area contributed by atoms with Gasteiger partial charge in [0.05, 0.1) is 63.9 Å². The summed E-state index contributed by atoms with van der Waals surface area (Å²) in [6, 6.07) is 23.4. The predicted molar refractivity (Wildman–Crippen MR) is 272 cm³/mol. The maximum Gasteiger partial charge on any atom is 0.258 e. The van der Waals surface area contributed by atoms with E-state index in [1.807, 2.05) is 102 Å². The lowest BCUT2D eigenvalue weighted by Gasteiger charge is -2.33. The minimum absolute atomic E-state index is 0.113. The number of rotatable bonds is 8. The lowest BCUT2D eigenvalue weighted by Crippen LogP contribution is -2.51. The quantitative estimate of drug-likeness (QED) is 0.163. The Morgan fingerprint density at radius 2 is 0.871 bits per heavy atom. The van der Waals surface area contributed by atoms with Gasteiger partial charge >= 0.3 is 0 Å². The van der Waals surface area contributed by atoms with Crippen molar-refractivity contribution in [1.29, 1.82) is 0 Å². The van der Waals surface area contributed by atoms with E-state index in [0.717, 1.165) is 11.1 Å². The molecule has 2 aliphatic heterocycles. The van der Waals surface area contributed by atoms with Crippen molar-refractivity contribution >= 4 is 23.6 Å². The van der Waals surface area contributed by atoms with Crippen LogP contribution in [0.2, 0.25) is 0 Å². The monoisotopic (exact) mass is 961 g/mol. The van der Waals surface area contributed by atoms with E-state index in [4.69, 9.17) is 28.4 Å². The van der Waals surface area contributed by atoms with Gasteiger partial charge in [-0.15, -0.1) is 0 Å². The van der Waals surface area contributed by atoms with Crippen LogP contribution in [0.25, 0.3) is 0 Å². The van der Waals surface area contributed by atoms with Gasteiger partial charge in [-0.05, 0) is 87.1 Å². The molecular formula is C56H72N4O10. The van der Waals surface area contributed by atoms with Crippen molar-refractivity contribution < 1.29 is 47.6 Å². The molecule has 376 valence electrons. The van der Waals surface area contributed by atoms with Gasteiger partial charge in [0.25, 0.3) is 11.8 Å². The van der Waals surface area contributed by atoms with Gasteiger partial charge < -0.3 is 48.9 Å². The van der Waals surface area contributed by atoms with E-state index >= 15 is 0 Å². The highest BCUT2D eigenvalue weighted by Gasteiger charge is 2.35. The molecule has 14 heteroatoms. The Bertz CT molecular complexity index is 2300. The smallest absolute Gasteiger partial charge is 0.258 e. The van der Waals surface area contributed by atoms with Gasteiger partial charge in [-0.2, -0.15) is 0 Å². The molecular weight excluding hydrogens is 889 g/mol. The van der Waals surface area contributed by atoms with E-state index in [1.54, 1.807) is 91.1 Å². The van der Waals surface area contributed by atoms with Crippen LogP contribution in [-0.2, 0) is 9.59 Å². The lowest BCUT2D eigenvalue weighted by molar-refractivity contribution is -0.128. The average molecular weight is 961 g/mol. The minimum Gasteiger partial charge on any atom is -0.497 e. The fourth-order valence-electron chi connectivity index (χ4n) is 8.80. The molecule has 6 rings (SSSR count). The second-order valence-corrected chi connectivity index (χ2v) is 18.3. The number of benzene rings is 4. The second-order valence-electron chi connectivity index (χ2n) is 18.3. The van der Waals surface area contributed by atoms with Crippen LogP contribution in [0.5, 0.6) is 34.5 Å². The molecule has 0 aromatic heterocycles. The molecule has 0 unspecified atom stereocenters. The topological polar surface area (TPSA) is 154 Å². The molecule has 0 fully saturated rings. The van der Waals surface area contributed by atoms with Crippen LogP contribution in [0.1, 0.15) is 111 Å². The fraction of sp³-hybridized carbons (Fsp3) is 0.429. The summed E-state index contributed by atoms with van der Waals surface area (Å²) in [5.41, 5.74) is 2.55. The molecule has 4 aromatic carbocycles. The lowest BCUT2D eigenvalue weighted by atomic mass is 9.97. The number of para-hydroxylation sites is 2. The SMILES string of the molecule is COc1ccc([C@@H]2C/C=C/C[C@@H](C)Oc3ccccc3C(=O)N(C)[C@@H](C(C)C)C(=O)N2)c(OC)c1.COc1ccc([C@@H]2C/C=C\C[C@@H](C)Oc3ccccc3C(=O)N(C)[C@@H](C(C)C)C(=O)N2)c(OC)c1. The van der Waals surface area contributed by atoms with Crippen LogP contribution in [0.4, 0.5) is 0 Å². The van der Waals surface area contributed by atoms with Crippen molar-refractivity contribution in [3.8, 4) is 34.5 Å². The highest BCUT2D eigenvalue weighted by atomic mass is 16.5. The fourth-order valence-corrected chi connectivity index (χ4v) is 8.80. The first kappa shape index (κ1) is 54.0. The van der Waals surface area contributed by atoms with E-state index in [-0.39, 0.29) is 59.8 Å². The number of nitrogens with zero attached hydrogens (tertiary/aromatic N) is 2. The summed E-state index contributed by atoms with van der Waals surface area (Å²) in [6.07, 6.45) is 10.4. The second kappa shape index (κ2) is 25.6. The Morgan fingerprint density at radius 1 is 0.514 bits per heavy atom. The van der Waals surface area contributed by atoms with Crippen LogP contribution < -0.4 is 39.1 Å². The Balaban J connectivity index is 0.000000261. The van der Waals surface area contributed by atoms with Crippen LogP contribution in [0, 0.1) is 11.8 Å². The van der Waals surface area contributed by atoms with Gasteiger partial charge in [-0.3, -0.25) is 19.2 Å². The summed E-state index contributed by atoms with van der Waals surface area (Å²) in [5, 5.41) is 6.36. The molecule has 2 heterocycles. The molecule has 0 radical (unpaired) electrons. The average Bonchev–Trinajstić information content (AvgIpc) is 3.34. The molecule has 0 aliphatic carbocycles. The Labute approximate surface area is 414 Å². The number of nitrogens with one attached hydrogen (secondary N) is 2. The third kappa shape index (κ3) is 13.6. The number of likely N-dealkylation sites (N-methyl/N-ethyl adjacent to an activating group) is 2. The zero-order valence-electron chi connectivity index (χ0n) is 42.8. The molecule has 2 aliphatic rings. The van der Waals surface area contributed by atoms with Crippen LogP contribution >= 0.6 is 0 Å². The summed E-state index contributed by atoms with van der Waals surface area (Å²) >= 11 is 0. The molecule has 0 saturated heterocycles. The summed E-state index contributed by atoms with van der Waals surface area (Å²) < 4.78 is 34.1. The van der Waals surface area contributed by atoms with E-state index in [1.165, 1.54) is 9.80 Å². The summed E-state index contributed by atoms with van der Waals surface area (Å²) in [6.45, 7) is 11.7. The predicted octanol–water partition coefficient (Wildman–Crippen LogP) is 9.55. The van der Waals surface area contributed by atoms with Crippen LogP contribution in [0.3, 0.4) is 0 Å². The number of amides is 4. The number of carbonyl (C=O) groups excluding carboxylic acids is 4. The third-order valence-corrected chi connectivity index (χ3v) is 12.4. The first-order valence-electron chi connectivity index (χ1n) is 23.9. The van der Waals surface area contributed by atoms with Crippen molar-refractivity contribution in [2.45, 2.75) is 104 Å². The first-order chi connectivity index (χ1) is 33.5. The number of methoxy groups -OCH3 is 4. The maximum atomic E-state index is 13.6. The number of fused-ring (bicyclic) bond motifs is 2. The van der Waals surface area contributed by atoms with Gasteiger partial charge in [-0.25, -0.2) is 0 Å². The zero-order valence-corrected chi connectivity index (χ0v) is 42.8. The first-order valence-corrected chi connectivity index (χ1v) is 23.9. The Morgan fingerprint density at radius 3 is 1.21 bits per heavy atom. The van der Waals surface area contributed by atoms with Gasteiger partial charge in [0.1, 0.15) is 46.6 Å². The molecule has 70 heavy (non-hydrogen) atoms. The molecule has 4 aromatic rings. The molecule has 14 nitrogen and oxygen atoms in total. The van der Waals surface area contributed by atoms with E-state index in [9.17, 15) is 19.2 Å². The molecule has 6 atom stereocenters. The third-order valence-electron chi connectivity index (χ3n) is 12.4. The number of carbonyl (C=O) groups is 4. The van der Waals surface area contributed by atoms with Crippen molar-refractivity contribution in [1.82, 2.24) is 20.4 Å². The maximum absolute atomic E-state index is 13.6. The largest absolute Gasteiger partial charge is 0.497 e. The van der Waals surface area contributed by atoms with Gasteiger partial charge in [-0.1, -0.05) is 76.3 Å². The van der Waals surface area contributed by atoms with Gasteiger partial charge in [0.15, 0.2) is 0 Å². The molecule has 4 amide bonds. The minimum atomic E-state index is -0.674. The van der Waals surface area contributed by atoms with Crippen LogP contribution in [-0.4, -0.2) is 100 Å². The number of hydrogen-bond acceptors (Lipinski definition) is 10. The van der Waals surface area contributed by atoms with Crippen molar-refractivity contribution in [3.63, 3.8) is 0 Å². The zero-order chi connectivity index (χ0) is 51.1. The van der Waals surface area contributed by atoms with E-state index in [0.29, 0.717) is 71.3 Å². The van der Waals surface area contributed by atoms with Gasteiger partial charge in [0.2, 0.25) is 11.8 Å². The molecule has 0 bridgehead atoms. The van der Waals surface area contributed by atoms with Crippen LogP contribution in [0.15, 0.2) is 109 Å². The van der Waals surface area contributed by atoms with E-state index in [2.05, 4.69) is 10.6 Å². The molecule has 0 saturated carbocycles. The Kier molecular flexibility index (Phi) is 19.7. The normalized spacial score (nSPS) is 22.5. The Hall–Kier alpha value is -6.96. The van der Waals surface area contributed by atoms with Crippen molar-refractivity contribution in [2.24, 2.45) is 11.8 Å². The molecule has 0 spiro atoms.